The van der Waals surface area contributed by atoms with Crippen molar-refractivity contribution in [1.29, 1.82) is 0 Å². The molecule has 0 bridgehead atoms. The predicted octanol–water partition coefficient (Wildman–Crippen LogP) is 0.533. The van der Waals surface area contributed by atoms with Crippen LogP contribution in [0.2, 0.25) is 0 Å². The Morgan fingerprint density at radius 1 is 1.38 bits per heavy atom. The average Bonchev–Trinajstić information content (AvgIpc) is 2.53. The van der Waals surface area contributed by atoms with E-state index in [1.54, 1.807) is 32.6 Å². The SMILES string of the molecule is CN(C)S(=O)(=O)N1CC2(CC(CCOc3ncccn3)CCO2)C1. The van der Waals surface area contributed by atoms with Gasteiger partial charge in [0.2, 0.25) is 0 Å². The number of aromatic nitrogens is 2. The third kappa shape index (κ3) is 3.69. The molecule has 1 unspecified atom stereocenters. The van der Waals surface area contributed by atoms with Gasteiger partial charge in [-0.2, -0.15) is 17.0 Å². The zero-order valence-corrected chi connectivity index (χ0v) is 14.9. The summed E-state index contributed by atoms with van der Waals surface area (Å²) in [7, 11) is -0.242. The highest BCUT2D eigenvalue weighted by Gasteiger charge is 2.51. The van der Waals surface area contributed by atoms with Crippen molar-refractivity contribution < 1.29 is 17.9 Å². The molecule has 0 aromatic carbocycles. The Bertz CT molecular complexity index is 647. The Morgan fingerprint density at radius 3 is 2.75 bits per heavy atom. The van der Waals surface area contributed by atoms with Crippen LogP contribution in [0.3, 0.4) is 0 Å². The van der Waals surface area contributed by atoms with Crippen LogP contribution in [0.15, 0.2) is 18.5 Å². The fourth-order valence-electron chi connectivity index (χ4n) is 3.26. The summed E-state index contributed by atoms with van der Waals surface area (Å²) in [6.45, 7) is 2.10. The zero-order chi connectivity index (χ0) is 17.2. The average molecular weight is 356 g/mol. The lowest BCUT2D eigenvalue weighted by Crippen LogP contribution is -2.67. The Hall–Kier alpha value is -1.29. The molecule has 1 aromatic heterocycles. The van der Waals surface area contributed by atoms with Crippen LogP contribution in [0.5, 0.6) is 6.01 Å². The maximum Gasteiger partial charge on any atom is 0.316 e. The summed E-state index contributed by atoms with van der Waals surface area (Å²) in [5.74, 6) is 0.465. The smallest absolute Gasteiger partial charge is 0.316 e. The second-order valence-corrected chi connectivity index (χ2v) is 8.76. The molecule has 0 N–H and O–H groups in total. The maximum atomic E-state index is 12.1. The van der Waals surface area contributed by atoms with Crippen LogP contribution in [-0.4, -0.2) is 73.0 Å². The van der Waals surface area contributed by atoms with Gasteiger partial charge < -0.3 is 9.47 Å². The lowest BCUT2D eigenvalue weighted by molar-refractivity contribution is -0.157. The zero-order valence-electron chi connectivity index (χ0n) is 14.1. The lowest BCUT2D eigenvalue weighted by atomic mass is 9.80. The molecule has 0 aliphatic carbocycles. The van der Waals surface area contributed by atoms with Gasteiger partial charge in [-0.1, -0.05) is 0 Å². The molecule has 2 fully saturated rings. The monoisotopic (exact) mass is 356 g/mol. The van der Waals surface area contributed by atoms with E-state index >= 15 is 0 Å². The minimum atomic E-state index is -3.34. The van der Waals surface area contributed by atoms with Crippen LogP contribution < -0.4 is 4.74 Å². The van der Waals surface area contributed by atoms with Crippen LogP contribution in [0.25, 0.3) is 0 Å². The first-order chi connectivity index (χ1) is 11.4. The summed E-state index contributed by atoms with van der Waals surface area (Å²) in [4.78, 5) is 8.07. The second kappa shape index (κ2) is 6.91. The molecule has 1 atom stereocenters. The van der Waals surface area contributed by atoms with Gasteiger partial charge in [0.05, 0.1) is 12.2 Å². The van der Waals surface area contributed by atoms with Crippen molar-refractivity contribution in [2.24, 2.45) is 5.92 Å². The Labute approximate surface area is 143 Å². The summed E-state index contributed by atoms with van der Waals surface area (Å²) in [5, 5.41) is 0. The summed E-state index contributed by atoms with van der Waals surface area (Å²) in [5.41, 5.74) is -0.324. The van der Waals surface area contributed by atoms with Crippen molar-refractivity contribution >= 4 is 10.2 Å². The van der Waals surface area contributed by atoms with Gasteiger partial charge in [0.25, 0.3) is 10.2 Å². The van der Waals surface area contributed by atoms with Crippen LogP contribution in [0, 0.1) is 5.92 Å². The van der Waals surface area contributed by atoms with E-state index in [1.807, 2.05) is 0 Å². The standard InChI is InChI=1S/C15H24N4O4S/c1-18(2)24(20,21)19-11-15(12-19)10-13(5-9-23-15)4-8-22-14-16-6-3-7-17-14/h3,6-7,13H,4-5,8-12H2,1-2H3. The number of ether oxygens (including phenoxy) is 2. The summed E-state index contributed by atoms with van der Waals surface area (Å²) in [6, 6.07) is 2.14. The molecule has 0 saturated carbocycles. The van der Waals surface area contributed by atoms with Crippen molar-refractivity contribution in [3.05, 3.63) is 18.5 Å². The van der Waals surface area contributed by atoms with E-state index in [4.69, 9.17) is 9.47 Å². The van der Waals surface area contributed by atoms with Gasteiger partial charge in [0.1, 0.15) is 0 Å². The van der Waals surface area contributed by atoms with Gasteiger partial charge in [0, 0.05) is 46.2 Å². The highest BCUT2D eigenvalue weighted by atomic mass is 32.2. The highest BCUT2D eigenvalue weighted by Crippen LogP contribution is 2.39. The van der Waals surface area contributed by atoms with Gasteiger partial charge in [-0.3, -0.25) is 0 Å². The molecule has 2 saturated heterocycles. The van der Waals surface area contributed by atoms with Gasteiger partial charge in [-0.15, -0.1) is 0 Å². The van der Waals surface area contributed by atoms with E-state index in [2.05, 4.69) is 9.97 Å². The molecule has 3 rings (SSSR count). The maximum absolute atomic E-state index is 12.1. The number of hydrogen-bond acceptors (Lipinski definition) is 6. The molecular formula is C15H24N4O4S. The van der Waals surface area contributed by atoms with Crippen LogP contribution in [-0.2, 0) is 14.9 Å². The first-order valence-corrected chi connectivity index (χ1v) is 9.52. The van der Waals surface area contributed by atoms with E-state index in [0.29, 0.717) is 38.2 Å². The van der Waals surface area contributed by atoms with Gasteiger partial charge in [0.15, 0.2) is 0 Å². The normalized spacial score (nSPS) is 24.0. The molecule has 3 heterocycles. The van der Waals surface area contributed by atoms with E-state index in [0.717, 1.165) is 19.3 Å². The predicted molar refractivity (Wildman–Crippen MR) is 87.7 cm³/mol. The van der Waals surface area contributed by atoms with Gasteiger partial charge in [-0.25, -0.2) is 9.97 Å². The van der Waals surface area contributed by atoms with Crippen molar-refractivity contribution in [3.63, 3.8) is 0 Å². The first kappa shape index (κ1) is 17.5. The number of nitrogens with zero attached hydrogens (tertiary/aromatic N) is 4. The van der Waals surface area contributed by atoms with Crippen molar-refractivity contribution in [2.45, 2.75) is 24.9 Å². The van der Waals surface area contributed by atoms with E-state index in [9.17, 15) is 8.42 Å². The Balaban J connectivity index is 1.47. The van der Waals surface area contributed by atoms with Crippen molar-refractivity contribution in [1.82, 2.24) is 18.6 Å². The molecule has 2 aliphatic heterocycles. The molecule has 2 aliphatic rings. The highest BCUT2D eigenvalue weighted by molar-refractivity contribution is 7.86. The van der Waals surface area contributed by atoms with E-state index in [-0.39, 0.29) is 5.60 Å². The molecule has 24 heavy (non-hydrogen) atoms. The summed E-state index contributed by atoms with van der Waals surface area (Å²) in [6.07, 6.45) is 6.04. The molecule has 0 amide bonds. The molecular weight excluding hydrogens is 332 g/mol. The molecule has 1 spiro atoms. The van der Waals surface area contributed by atoms with Crippen LogP contribution >= 0.6 is 0 Å². The van der Waals surface area contributed by atoms with Crippen molar-refractivity contribution in [3.8, 4) is 6.01 Å². The minimum Gasteiger partial charge on any atom is -0.463 e. The van der Waals surface area contributed by atoms with E-state index < -0.39 is 10.2 Å². The summed E-state index contributed by atoms with van der Waals surface area (Å²) >= 11 is 0. The molecule has 134 valence electrons. The third-order valence-corrected chi connectivity index (χ3v) is 6.44. The topological polar surface area (TPSA) is 84.9 Å². The molecule has 0 radical (unpaired) electrons. The van der Waals surface area contributed by atoms with Crippen LogP contribution in [0.4, 0.5) is 0 Å². The minimum absolute atomic E-state index is 0.324. The van der Waals surface area contributed by atoms with Gasteiger partial charge in [-0.05, 0) is 31.2 Å². The van der Waals surface area contributed by atoms with Gasteiger partial charge >= 0.3 is 6.01 Å². The second-order valence-electron chi connectivity index (χ2n) is 6.62. The molecule has 1 aromatic rings. The fraction of sp³-hybridized carbons (Fsp3) is 0.733. The van der Waals surface area contributed by atoms with E-state index in [1.165, 1.54) is 8.61 Å². The molecule has 9 heteroatoms. The Morgan fingerprint density at radius 2 is 2.08 bits per heavy atom. The number of hydrogen-bond donors (Lipinski definition) is 0. The quantitative estimate of drug-likeness (QED) is 0.739. The van der Waals surface area contributed by atoms with Crippen molar-refractivity contribution in [2.75, 3.05) is 40.4 Å². The fourth-order valence-corrected chi connectivity index (χ4v) is 4.52. The third-order valence-electron chi connectivity index (χ3n) is 4.61. The summed E-state index contributed by atoms with van der Waals surface area (Å²) < 4.78 is 38.4. The largest absolute Gasteiger partial charge is 0.463 e. The lowest BCUT2D eigenvalue weighted by Gasteiger charge is -2.52. The molecule has 8 nitrogen and oxygen atoms in total. The Kier molecular flexibility index (Phi) is 5.05. The number of rotatable bonds is 6. The van der Waals surface area contributed by atoms with Crippen LogP contribution in [0.1, 0.15) is 19.3 Å². The first-order valence-electron chi connectivity index (χ1n) is 8.13.